The first kappa shape index (κ1) is 13.6. The van der Waals surface area contributed by atoms with Crippen molar-refractivity contribution in [2.24, 2.45) is 5.92 Å². The van der Waals surface area contributed by atoms with Gasteiger partial charge in [0.05, 0.1) is 11.5 Å². The first-order chi connectivity index (χ1) is 9.55. The van der Waals surface area contributed by atoms with E-state index in [1.54, 1.807) is 24.4 Å². The van der Waals surface area contributed by atoms with E-state index in [4.69, 9.17) is 15.4 Å². The summed E-state index contributed by atoms with van der Waals surface area (Å²) >= 11 is 0. The molecule has 0 aliphatic heterocycles. The maximum absolute atomic E-state index is 11.6. The molecule has 4 nitrogen and oxygen atoms in total. The second-order valence-corrected chi connectivity index (χ2v) is 7.51. The summed E-state index contributed by atoms with van der Waals surface area (Å²) in [4.78, 5) is 4.29. The number of rotatable bonds is 5. The van der Waals surface area contributed by atoms with E-state index in [-0.39, 0.29) is 4.90 Å². The Hall–Kier alpha value is -1.33. The standard InChI is InChI=1S/C14H14ClNO3S/c15-20(17,18)13-6-5-12(19-9-7-10-3-4-10)14-11(13)2-1-8-16-14/h1-2,5-6,8,10H,3-4,7,9H2. The van der Waals surface area contributed by atoms with Gasteiger partial charge in [-0.05, 0) is 36.6 Å². The molecule has 20 heavy (non-hydrogen) atoms. The van der Waals surface area contributed by atoms with Crippen LogP contribution >= 0.6 is 10.7 Å². The molecule has 1 saturated carbocycles. The highest BCUT2D eigenvalue weighted by atomic mass is 35.7. The zero-order valence-corrected chi connectivity index (χ0v) is 12.3. The summed E-state index contributed by atoms with van der Waals surface area (Å²) in [7, 11) is 1.65. The molecule has 1 aliphatic rings. The molecular weight excluding hydrogens is 298 g/mol. The highest BCUT2D eigenvalue weighted by molar-refractivity contribution is 8.14. The zero-order valence-electron chi connectivity index (χ0n) is 10.8. The first-order valence-corrected chi connectivity index (χ1v) is 8.82. The van der Waals surface area contributed by atoms with Crippen molar-refractivity contribution < 1.29 is 13.2 Å². The maximum Gasteiger partial charge on any atom is 0.261 e. The molecule has 0 radical (unpaired) electrons. The predicted octanol–water partition coefficient (Wildman–Crippen LogP) is 3.34. The second kappa shape index (κ2) is 5.22. The molecule has 0 spiro atoms. The van der Waals surface area contributed by atoms with Crippen LogP contribution < -0.4 is 4.74 Å². The minimum absolute atomic E-state index is 0.0665. The molecule has 106 valence electrons. The minimum atomic E-state index is -3.79. The topological polar surface area (TPSA) is 56.3 Å². The summed E-state index contributed by atoms with van der Waals surface area (Å²) in [6.07, 6.45) is 5.21. The van der Waals surface area contributed by atoms with E-state index < -0.39 is 9.05 Å². The van der Waals surface area contributed by atoms with Crippen molar-refractivity contribution in [3.05, 3.63) is 30.5 Å². The predicted molar refractivity (Wildman–Crippen MR) is 77.6 cm³/mol. The summed E-state index contributed by atoms with van der Waals surface area (Å²) in [5.41, 5.74) is 0.532. The lowest BCUT2D eigenvalue weighted by Crippen LogP contribution is -2.01. The Balaban J connectivity index is 1.97. The van der Waals surface area contributed by atoms with Gasteiger partial charge < -0.3 is 4.74 Å². The minimum Gasteiger partial charge on any atom is -0.491 e. The Morgan fingerprint density at radius 2 is 2.10 bits per heavy atom. The average molecular weight is 312 g/mol. The van der Waals surface area contributed by atoms with Crippen LogP contribution in [0.3, 0.4) is 0 Å². The van der Waals surface area contributed by atoms with Crippen molar-refractivity contribution in [2.45, 2.75) is 24.2 Å². The van der Waals surface area contributed by atoms with E-state index in [2.05, 4.69) is 4.98 Å². The lowest BCUT2D eigenvalue weighted by Gasteiger charge is -2.10. The van der Waals surface area contributed by atoms with Crippen molar-refractivity contribution in [2.75, 3.05) is 6.61 Å². The lowest BCUT2D eigenvalue weighted by molar-refractivity contribution is 0.305. The molecule has 1 fully saturated rings. The SMILES string of the molecule is O=S(=O)(Cl)c1ccc(OCCC2CC2)c2ncccc12. The van der Waals surface area contributed by atoms with E-state index in [9.17, 15) is 8.42 Å². The molecule has 0 saturated heterocycles. The highest BCUT2D eigenvalue weighted by Gasteiger charge is 2.21. The normalized spacial score (nSPS) is 15.4. The van der Waals surface area contributed by atoms with Gasteiger partial charge in [-0.1, -0.05) is 12.8 Å². The zero-order chi connectivity index (χ0) is 14.2. The smallest absolute Gasteiger partial charge is 0.261 e. The van der Waals surface area contributed by atoms with Crippen LogP contribution in [0.15, 0.2) is 35.4 Å². The van der Waals surface area contributed by atoms with Gasteiger partial charge in [0, 0.05) is 22.3 Å². The lowest BCUT2D eigenvalue weighted by atomic mass is 10.2. The van der Waals surface area contributed by atoms with Crippen molar-refractivity contribution in [3.63, 3.8) is 0 Å². The maximum atomic E-state index is 11.6. The number of hydrogen-bond acceptors (Lipinski definition) is 4. The van der Waals surface area contributed by atoms with Gasteiger partial charge in [-0.15, -0.1) is 0 Å². The summed E-state index contributed by atoms with van der Waals surface area (Å²) in [5, 5.41) is 0.492. The Labute approximate surface area is 122 Å². The quantitative estimate of drug-likeness (QED) is 0.795. The third-order valence-corrected chi connectivity index (χ3v) is 4.82. The fourth-order valence-corrected chi connectivity index (χ4v) is 3.25. The number of fused-ring (bicyclic) bond motifs is 1. The number of nitrogens with zero attached hydrogens (tertiary/aromatic N) is 1. The van der Waals surface area contributed by atoms with Gasteiger partial charge in [0.15, 0.2) is 0 Å². The van der Waals surface area contributed by atoms with Crippen molar-refractivity contribution in [1.82, 2.24) is 4.98 Å². The third kappa shape index (κ3) is 2.88. The molecule has 1 heterocycles. The molecule has 3 rings (SSSR count). The van der Waals surface area contributed by atoms with Crippen LogP contribution in [0.4, 0.5) is 0 Å². The fraction of sp³-hybridized carbons (Fsp3) is 0.357. The molecule has 2 aromatic rings. The summed E-state index contributed by atoms with van der Waals surface area (Å²) < 4.78 is 28.9. The van der Waals surface area contributed by atoms with Gasteiger partial charge in [0.25, 0.3) is 9.05 Å². The molecule has 0 bridgehead atoms. The van der Waals surface area contributed by atoms with Crippen molar-refractivity contribution in [3.8, 4) is 5.75 Å². The summed E-state index contributed by atoms with van der Waals surface area (Å²) in [6, 6.07) is 6.46. The second-order valence-electron chi connectivity index (χ2n) is 4.98. The molecular formula is C14H14ClNO3S. The van der Waals surface area contributed by atoms with Crippen molar-refractivity contribution in [1.29, 1.82) is 0 Å². The Kier molecular flexibility index (Phi) is 3.56. The van der Waals surface area contributed by atoms with E-state index >= 15 is 0 Å². The number of hydrogen-bond donors (Lipinski definition) is 0. The Morgan fingerprint density at radius 1 is 1.30 bits per heavy atom. The largest absolute Gasteiger partial charge is 0.491 e. The Bertz CT molecular complexity index is 741. The van der Waals surface area contributed by atoms with Crippen LogP contribution in [-0.4, -0.2) is 20.0 Å². The molecule has 6 heteroatoms. The van der Waals surface area contributed by atoms with E-state index in [0.717, 1.165) is 12.3 Å². The number of pyridine rings is 1. The van der Waals surface area contributed by atoms with Crippen LogP contribution in [-0.2, 0) is 9.05 Å². The summed E-state index contributed by atoms with van der Waals surface area (Å²) in [6.45, 7) is 0.628. The van der Waals surface area contributed by atoms with Gasteiger partial charge in [-0.25, -0.2) is 8.42 Å². The molecule has 0 N–H and O–H groups in total. The van der Waals surface area contributed by atoms with Crippen LogP contribution in [0.5, 0.6) is 5.75 Å². The fourth-order valence-electron chi connectivity index (χ4n) is 2.19. The molecule has 0 amide bonds. The van der Waals surface area contributed by atoms with E-state index in [1.807, 2.05) is 0 Å². The van der Waals surface area contributed by atoms with Crippen LogP contribution in [0.25, 0.3) is 10.9 Å². The van der Waals surface area contributed by atoms with Gasteiger partial charge in [-0.2, -0.15) is 0 Å². The van der Waals surface area contributed by atoms with E-state index in [0.29, 0.717) is 23.3 Å². The summed E-state index contributed by atoms with van der Waals surface area (Å²) in [5.74, 6) is 1.39. The monoisotopic (exact) mass is 311 g/mol. The molecule has 1 aromatic heterocycles. The molecule has 1 aliphatic carbocycles. The van der Waals surface area contributed by atoms with Gasteiger partial charge in [0.1, 0.15) is 11.3 Å². The molecule has 1 aromatic carbocycles. The number of benzene rings is 1. The average Bonchev–Trinajstić information content (AvgIpc) is 3.21. The molecule has 0 unspecified atom stereocenters. The highest BCUT2D eigenvalue weighted by Crippen LogP contribution is 2.34. The first-order valence-electron chi connectivity index (χ1n) is 6.51. The third-order valence-electron chi connectivity index (χ3n) is 3.44. The van der Waals surface area contributed by atoms with Crippen LogP contribution in [0.2, 0.25) is 0 Å². The van der Waals surface area contributed by atoms with Crippen molar-refractivity contribution >= 4 is 30.6 Å². The Morgan fingerprint density at radius 3 is 2.80 bits per heavy atom. The van der Waals surface area contributed by atoms with Gasteiger partial charge in [0.2, 0.25) is 0 Å². The van der Waals surface area contributed by atoms with Crippen LogP contribution in [0, 0.1) is 5.92 Å². The van der Waals surface area contributed by atoms with Gasteiger partial charge in [-0.3, -0.25) is 4.98 Å². The van der Waals surface area contributed by atoms with Gasteiger partial charge >= 0.3 is 0 Å². The number of ether oxygens (including phenoxy) is 1. The van der Waals surface area contributed by atoms with E-state index in [1.165, 1.54) is 18.9 Å². The van der Waals surface area contributed by atoms with Crippen LogP contribution in [0.1, 0.15) is 19.3 Å². The molecule has 0 atom stereocenters. The number of aromatic nitrogens is 1. The number of halogens is 1.